The lowest BCUT2D eigenvalue weighted by Crippen LogP contribution is -2.31. The number of carbonyl (C=O) groups is 1. The molecule has 6 rings (SSSR count). The van der Waals surface area contributed by atoms with Gasteiger partial charge in [-0.2, -0.15) is 4.98 Å². The number of carbonyl (C=O) groups excluding carboxylic acids is 1. The van der Waals surface area contributed by atoms with Gasteiger partial charge < -0.3 is 20.1 Å². The molecule has 1 atom stereocenters. The number of aromatic nitrogens is 4. The first-order valence-corrected chi connectivity index (χ1v) is 13.7. The summed E-state index contributed by atoms with van der Waals surface area (Å²) >= 11 is 0. The zero-order chi connectivity index (χ0) is 30.6. The predicted octanol–water partition coefficient (Wildman–Crippen LogP) is 5.76. The Bertz CT molecular complexity index is 1860. The Morgan fingerprint density at radius 1 is 1.05 bits per heavy atom. The van der Waals surface area contributed by atoms with Gasteiger partial charge in [0.25, 0.3) is 11.6 Å². The summed E-state index contributed by atoms with van der Waals surface area (Å²) in [5, 5.41) is 22.0. The number of methoxy groups -OCH3 is 1. The maximum absolute atomic E-state index is 13.8. The molecule has 2 N–H and O–H groups in total. The molecule has 220 valence electrons. The Morgan fingerprint density at radius 2 is 1.84 bits per heavy atom. The molecule has 44 heavy (non-hydrogen) atoms. The first-order valence-electron chi connectivity index (χ1n) is 13.7. The molecule has 0 bridgehead atoms. The summed E-state index contributed by atoms with van der Waals surface area (Å²) in [6.07, 6.45) is 3.19. The first kappa shape index (κ1) is 28.1. The van der Waals surface area contributed by atoms with E-state index in [1.165, 1.54) is 12.1 Å². The first-order chi connectivity index (χ1) is 21.4. The van der Waals surface area contributed by atoms with Crippen molar-refractivity contribution >= 4 is 23.2 Å². The van der Waals surface area contributed by atoms with Crippen molar-refractivity contribution in [1.82, 2.24) is 19.7 Å². The second-order valence-electron chi connectivity index (χ2n) is 9.95. The fraction of sp³-hybridized carbons (Fsp3) is 0.125. The molecule has 1 unspecified atom stereocenters. The molecule has 3 aromatic carbocycles. The Balaban J connectivity index is 1.40. The van der Waals surface area contributed by atoms with Crippen LogP contribution in [0.4, 0.5) is 17.3 Å². The fourth-order valence-corrected chi connectivity index (χ4v) is 4.95. The number of nitrogens with one attached hydrogen (secondary N) is 2. The SMILES string of the molecule is COc1cc(C2C(C(=O)Nc3cccnc3)=C(C)Nc3nc(-c4ccc([N+](=O)[O-])cc4)nn32)ccc1OCc1ccccc1. The van der Waals surface area contributed by atoms with E-state index in [1.54, 1.807) is 61.4 Å². The lowest BCUT2D eigenvalue weighted by atomic mass is 9.94. The van der Waals surface area contributed by atoms with Gasteiger partial charge in [0.05, 0.1) is 29.5 Å². The van der Waals surface area contributed by atoms with Gasteiger partial charge >= 0.3 is 0 Å². The highest BCUT2D eigenvalue weighted by molar-refractivity contribution is 6.06. The molecule has 1 aliphatic heterocycles. The van der Waals surface area contributed by atoms with E-state index in [4.69, 9.17) is 14.6 Å². The van der Waals surface area contributed by atoms with Crippen LogP contribution in [0.5, 0.6) is 11.5 Å². The van der Waals surface area contributed by atoms with Gasteiger partial charge in [0.2, 0.25) is 5.95 Å². The van der Waals surface area contributed by atoms with Crippen molar-refractivity contribution in [2.75, 3.05) is 17.7 Å². The second-order valence-corrected chi connectivity index (χ2v) is 9.95. The number of hydrogen-bond acceptors (Lipinski definition) is 9. The molecule has 1 amide bonds. The number of ether oxygens (including phenoxy) is 2. The van der Waals surface area contributed by atoms with Crippen LogP contribution in [0.3, 0.4) is 0 Å². The van der Waals surface area contributed by atoms with E-state index in [0.29, 0.717) is 58.0 Å². The average Bonchev–Trinajstić information content (AvgIpc) is 3.47. The molecule has 0 aliphatic carbocycles. The summed E-state index contributed by atoms with van der Waals surface area (Å²) in [4.78, 5) is 33.3. The average molecular weight is 590 g/mol. The Labute approximate surface area is 252 Å². The lowest BCUT2D eigenvalue weighted by Gasteiger charge is -2.29. The van der Waals surface area contributed by atoms with Crippen LogP contribution >= 0.6 is 0 Å². The monoisotopic (exact) mass is 589 g/mol. The van der Waals surface area contributed by atoms with Gasteiger partial charge in [-0.3, -0.25) is 19.9 Å². The Kier molecular flexibility index (Phi) is 7.70. The number of benzene rings is 3. The summed E-state index contributed by atoms with van der Waals surface area (Å²) in [6.45, 7) is 2.15. The minimum absolute atomic E-state index is 0.0396. The van der Waals surface area contributed by atoms with Gasteiger partial charge in [0.1, 0.15) is 12.6 Å². The minimum Gasteiger partial charge on any atom is -0.493 e. The van der Waals surface area contributed by atoms with Crippen molar-refractivity contribution in [2.45, 2.75) is 19.6 Å². The van der Waals surface area contributed by atoms with E-state index >= 15 is 0 Å². The van der Waals surface area contributed by atoms with Crippen LogP contribution in [-0.2, 0) is 11.4 Å². The minimum atomic E-state index is -0.709. The van der Waals surface area contributed by atoms with E-state index in [2.05, 4.69) is 20.6 Å². The summed E-state index contributed by atoms with van der Waals surface area (Å²) in [6, 6.07) is 24.0. The third-order valence-electron chi connectivity index (χ3n) is 7.09. The molecule has 2 aromatic heterocycles. The normalized spacial score (nSPS) is 13.9. The molecule has 3 heterocycles. The topological polar surface area (TPSA) is 146 Å². The van der Waals surface area contributed by atoms with Crippen molar-refractivity contribution in [2.24, 2.45) is 0 Å². The number of allylic oxidation sites excluding steroid dienone is 1. The second kappa shape index (κ2) is 12.1. The van der Waals surface area contributed by atoms with Crippen molar-refractivity contribution in [1.29, 1.82) is 0 Å². The standard InChI is InChI=1S/C32H27N7O5/c1-20-28(31(40)35-24-9-6-16-33-18-24)29(23-12-15-26(27(17-23)43-2)44-19-21-7-4-3-5-8-21)38-32(34-20)36-30(37-38)22-10-13-25(14-11-22)39(41)42/h3-18,29H,19H2,1-2H3,(H,35,40)(H,34,36,37). The zero-order valence-electron chi connectivity index (χ0n) is 23.8. The van der Waals surface area contributed by atoms with Crippen LogP contribution in [-0.4, -0.2) is 37.7 Å². The Hall–Kier alpha value is -6.04. The largest absolute Gasteiger partial charge is 0.493 e. The molecule has 12 heteroatoms. The van der Waals surface area contributed by atoms with Gasteiger partial charge in [0, 0.05) is 29.6 Å². The number of non-ortho nitro benzene ring substituents is 1. The number of nitro benzene ring substituents is 1. The van der Waals surface area contributed by atoms with Gasteiger partial charge in [-0.05, 0) is 54.4 Å². The maximum Gasteiger partial charge on any atom is 0.269 e. The molecule has 5 aromatic rings. The predicted molar refractivity (Wildman–Crippen MR) is 163 cm³/mol. The van der Waals surface area contributed by atoms with Crippen LogP contribution in [0.15, 0.2) is 109 Å². The quantitative estimate of drug-likeness (QED) is 0.162. The van der Waals surface area contributed by atoms with Crippen molar-refractivity contribution in [3.63, 3.8) is 0 Å². The number of amides is 1. The van der Waals surface area contributed by atoms with E-state index in [0.717, 1.165) is 5.56 Å². The summed E-state index contributed by atoms with van der Waals surface area (Å²) in [5.74, 6) is 1.42. The molecule has 0 fully saturated rings. The highest BCUT2D eigenvalue weighted by atomic mass is 16.6. The number of pyridine rings is 1. The molecular weight excluding hydrogens is 562 g/mol. The van der Waals surface area contributed by atoms with Crippen LogP contribution in [0.2, 0.25) is 0 Å². The van der Waals surface area contributed by atoms with Crippen LogP contribution in [0.25, 0.3) is 11.4 Å². The smallest absolute Gasteiger partial charge is 0.269 e. The van der Waals surface area contributed by atoms with Crippen molar-refractivity contribution in [3.8, 4) is 22.9 Å². The highest BCUT2D eigenvalue weighted by Gasteiger charge is 2.35. The molecule has 0 saturated heterocycles. The van der Waals surface area contributed by atoms with Crippen LogP contribution < -0.4 is 20.1 Å². The third-order valence-corrected chi connectivity index (χ3v) is 7.09. The molecule has 0 saturated carbocycles. The van der Waals surface area contributed by atoms with Gasteiger partial charge in [-0.15, -0.1) is 5.10 Å². The van der Waals surface area contributed by atoms with Crippen LogP contribution in [0.1, 0.15) is 24.1 Å². The molecule has 0 spiro atoms. The Morgan fingerprint density at radius 3 is 2.55 bits per heavy atom. The van der Waals surface area contributed by atoms with Crippen molar-refractivity contribution < 1.29 is 19.2 Å². The zero-order valence-corrected chi connectivity index (χ0v) is 23.8. The van der Waals surface area contributed by atoms with Gasteiger partial charge in [0.15, 0.2) is 17.3 Å². The van der Waals surface area contributed by atoms with E-state index in [9.17, 15) is 14.9 Å². The van der Waals surface area contributed by atoms with E-state index in [1.807, 2.05) is 42.5 Å². The number of anilines is 2. The van der Waals surface area contributed by atoms with Crippen molar-refractivity contribution in [3.05, 3.63) is 130 Å². The highest BCUT2D eigenvalue weighted by Crippen LogP contribution is 2.40. The summed E-state index contributed by atoms with van der Waals surface area (Å²) < 4.78 is 13.4. The number of fused-ring (bicyclic) bond motifs is 1. The number of nitro groups is 1. The number of nitrogens with zero attached hydrogens (tertiary/aromatic N) is 5. The maximum atomic E-state index is 13.8. The van der Waals surface area contributed by atoms with Gasteiger partial charge in [-0.25, -0.2) is 4.68 Å². The molecule has 1 aliphatic rings. The summed E-state index contributed by atoms with van der Waals surface area (Å²) in [7, 11) is 1.56. The molecule has 12 nitrogen and oxygen atoms in total. The van der Waals surface area contributed by atoms with E-state index < -0.39 is 11.0 Å². The lowest BCUT2D eigenvalue weighted by molar-refractivity contribution is -0.384. The third kappa shape index (κ3) is 5.68. The summed E-state index contributed by atoms with van der Waals surface area (Å²) in [5.41, 5.74) is 3.77. The molecular formula is C32H27N7O5. The van der Waals surface area contributed by atoms with E-state index in [-0.39, 0.29) is 11.6 Å². The molecule has 0 radical (unpaired) electrons. The van der Waals surface area contributed by atoms with Crippen LogP contribution in [0, 0.1) is 10.1 Å². The number of hydrogen-bond donors (Lipinski definition) is 2. The number of rotatable bonds is 9. The van der Waals surface area contributed by atoms with Gasteiger partial charge in [-0.1, -0.05) is 36.4 Å². The fourth-order valence-electron chi connectivity index (χ4n) is 4.95.